The Morgan fingerprint density at radius 2 is 1.09 bits per heavy atom. The molecule has 0 saturated heterocycles. The van der Waals surface area contributed by atoms with Gasteiger partial charge in [-0.25, -0.2) is 4.68 Å². The predicted molar refractivity (Wildman–Crippen MR) is 187 cm³/mol. The molecule has 266 valence electrons. The minimum Gasteiger partial charge on any atom is -0.462 e. The molecule has 0 N–H and O–H groups in total. The molecule has 0 spiro atoms. The van der Waals surface area contributed by atoms with Crippen LogP contribution in [-0.2, 0) is 36.8 Å². The van der Waals surface area contributed by atoms with Gasteiger partial charge in [-0.2, -0.15) is 0 Å². The highest BCUT2D eigenvalue weighted by Gasteiger charge is 2.19. The normalized spacial score (nSPS) is 11.9. The molecule has 0 saturated carbocycles. The first kappa shape index (κ1) is 41.8. The van der Waals surface area contributed by atoms with Gasteiger partial charge >= 0.3 is 11.9 Å². The monoisotopic (exact) mass is 648 g/mol. The molecule has 8 nitrogen and oxygen atoms in total. The molecule has 1 rings (SSSR count). The molecule has 1 aromatic heterocycles. The van der Waals surface area contributed by atoms with Crippen LogP contribution in [0.4, 0.5) is 0 Å². The van der Waals surface area contributed by atoms with Gasteiger partial charge in [-0.05, 0) is 19.3 Å². The lowest BCUT2D eigenvalue weighted by molar-refractivity contribution is -0.160. The number of esters is 2. The summed E-state index contributed by atoms with van der Waals surface area (Å²) in [5, 5.41) is 8.32. The summed E-state index contributed by atoms with van der Waals surface area (Å²) in [5.74, 6) is -0.329. The van der Waals surface area contributed by atoms with Gasteiger partial charge in [0.1, 0.15) is 12.4 Å². The van der Waals surface area contributed by atoms with E-state index in [1.165, 1.54) is 103 Å². The van der Waals surface area contributed by atoms with Crippen molar-refractivity contribution in [3.63, 3.8) is 0 Å². The number of Topliss-reactive ketones (excluding diaryl/α,β-unsaturated/α-hetero) is 1. The van der Waals surface area contributed by atoms with Gasteiger partial charge in [0.15, 0.2) is 6.10 Å². The van der Waals surface area contributed by atoms with Gasteiger partial charge in [0.25, 0.3) is 0 Å². The third-order valence-electron chi connectivity index (χ3n) is 8.73. The molecule has 46 heavy (non-hydrogen) atoms. The average Bonchev–Trinajstić information content (AvgIpc) is 3.50. The summed E-state index contributed by atoms with van der Waals surface area (Å²) in [6, 6.07) is 0. The Hall–Kier alpha value is -2.25. The lowest BCUT2D eigenvalue weighted by Gasteiger charge is -2.18. The summed E-state index contributed by atoms with van der Waals surface area (Å²) < 4.78 is 12.9. The van der Waals surface area contributed by atoms with E-state index in [2.05, 4.69) is 24.2 Å². The van der Waals surface area contributed by atoms with E-state index >= 15 is 0 Å². The Bertz CT molecular complexity index is 887. The van der Waals surface area contributed by atoms with Crippen molar-refractivity contribution in [2.75, 3.05) is 6.61 Å². The van der Waals surface area contributed by atoms with Crippen LogP contribution in [0.15, 0.2) is 6.20 Å². The lowest BCUT2D eigenvalue weighted by Crippen LogP contribution is -2.30. The Balaban J connectivity index is 2.37. The fourth-order valence-electron chi connectivity index (χ4n) is 5.69. The van der Waals surface area contributed by atoms with Crippen molar-refractivity contribution < 1.29 is 23.9 Å². The van der Waals surface area contributed by atoms with Crippen LogP contribution in [0.1, 0.15) is 193 Å². The molecule has 0 bridgehead atoms. The number of hydrogen-bond acceptors (Lipinski definition) is 7. The zero-order chi connectivity index (χ0) is 33.5. The van der Waals surface area contributed by atoms with Crippen molar-refractivity contribution in [1.29, 1.82) is 0 Å². The number of aryl methyl sites for hydroxylation is 1. The third-order valence-corrected chi connectivity index (χ3v) is 8.73. The zero-order valence-corrected chi connectivity index (χ0v) is 30.0. The van der Waals surface area contributed by atoms with Gasteiger partial charge in [-0.3, -0.25) is 14.4 Å². The maximum atomic E-state index is 12.7. The van der Waals surface area contributed by atoms with Crippen molar-refractivity contribution in [3.05, 3.63) is 11.9 Å². The first-order valence-electron chi connectivity index (χ1n) is 19.2. The molecule has 0 amide bonds. The van der Waals surface area contributed by atoms with Crippen LogP contribution in [0.3, 0.4) is 0 Å². The molecular weight excluding hydrogens is 578 g/mol. The van der Waals surface area contributed by atoms with Gasteiger partial charge < -0.3 is 9.47 Å². The summed E-state index contributed by atoms with van der Waals surface area (Å²) >= 11 is 0. The number of carbonyl (C=O) groups excluding carboxylic acids is 3. The van der Waals surface area contributed by atoms with Gasteiger partial charge in [0, 0.05) is 31.9 Å². The van der Waals surface area contributed by atoms with Crippen LogP contribution in [0.2, 0.25) is 0 Å². The molecule has 1 atom stereocenters. The molecule has 1 aromatic rings. The van der Waals surface area contributed by atoms with Crippen LogP contribution in [-0.4, -0.2) is 45.4 Å². The number of carbonyl (C=O) groups is 3. The van der Waals surface area contributed by atoms with Crippen LogP contribution in [0, 0.1) is 0 Å². The molecule has 0 aliphatic carbocycles. The SMILES string of the molecule is CCCCCCCCCCCCCC(=O)OCC(Cn1cc(CCC(=O)CC)nn1)OC(=O)CCCCCCCCCCCCC. The van der Waals surface area contributed by atoms with E-state index in [0.29, 0.717) is 32.1 Å². The average molecular weight is 648 g/mol. The number of ketones is 1. The molecule has 0 fully saturated rings. The van der Waals surface area contributed by atoms with E-state index in [4.69, 9.17) is 9.47 Å². The molecule has 0 radical (unpaired) electrons. The molecule has 1 heterocycles. The van der Waals surface area contributed by atoms with E-state index in [-0.39, 0.29) is 30.9 Å². The highest BCUT2D eigenvalue weighted by Crippen LogP contribution is 2.14. The second kappa shape index (κ2) is 30.1. The number of hydrogen-bond donors (Lipinski definition) is 0. The van der Waals surface area contributed by atoms with Crippen LogP contribution >= 0.6 is 0 Å². The molecule has 0 aromatic carbocycles. The topological polar surface area (TPSA) is 100 Å². The summed E-state index contributed by atoms with van der Waals surface area (Å²) in [4.78, 5) is 36.9. The Morgan fingerprint density at radius 3 is 1.57 bits per heavy atom. The van der Waals surface area contributed by atoms with E-state index in [9.17, 15) is 14.4 Å². The molecule has 1 unspecified atom stereocenters. The number of rotatable bonds is 33. The molecule has 8 heteroatoms. The lowest BCUT2D eigenvalue weighted by atomic mass is 10.1. The third kappa shape index (κ3) is 24.9. The predicted octanol–water partition coefficient (Wildman–Crippen LogP) is 10.0. The van der Waals surface area contributed by atoms with Gasteiger partial charge in [0.05, 0.1) is 12.2 Å². The first-order valence-corrected chi connectivity index (χ1v) is 19.2. The zero-order valence-electron chi connectivity index (χ0n) is 30.0. The van der Waals surface area contributed by atoms with Crippen molar-refractivity contribution in [2.24, 2.45) is 0 Å². The fourth-order valence-corrected chi connectivity index (χ4v) is 5.69. The summed E-state index contributed by atoms with van der Waals surface area (Å²) in [5.41, 5.74) is 0.723. The highest BCUT2D eigenvalue weighted by atomic mass is 16.6. The van der Waals surface area contributed by atoms with Crippen molar-refractivity contribution in [1.82, 2.24) is 15.0 Å². The van der Waals surface area contributed by atoms with E-state index in [1.54, 1.807) is 10.9 Å². The van der Waals surface area contributed by atoms with Gasteiger partial charge in [-0.1, -0.05) is 154 Å². The summed E-state index contributed by atoms with van der Waals surface area (Å²) in [7, 11) is 0. The van der Waals surface area contributed by atoms with E-state index in [1.807, 2.05) is 6.92 Å². The number of ether oxygens (including phenoxy) is 2. The second-order valence-electron chi connectivity index (χ2n) is 13.2. The second-order valence-corrected chi connectivity index (χ2v) is 13.2. The van der Waals surface area contributed by atoms with Gasteiger partial charge in [0.2, 0.25) is 0 Å². The van der Waals surface area contributed by atoms with Crippen molar-refractivity contribution in [3.8, 4) is 0 Å². The number of nitrogens with zero attached hydrogens (tertiary/aromatic N) is 3. The van der Waals surface area contributed by atoms with E-state index < -0.39 is 6.10 Å². The Morgan fingerprint density at radius 1 is 0.630 bits per heavy atom. The van der Waals surface area contributed by atoms with Crippen LogP contribution < -0.4 is 0 Å². The number of aromatic nitrogens is 3. The first-order chi connectivity index (χ1) is 22.5. The fraction of sp³-hybridized carbons (Fsp3) is 0.868. The maximum Gasteiger partial charge on any atom is 0.306 e. The van der Waals surface area contributed by atoms with E-state index in [0.717, 1.165) is 44.2 Å². The molecular formula is C38H69N3O5. The van der Waals surface area contributed by atoms with Crippen LogP contribution in [0.5, 0.6) is 0 Å². The summed E-state index contributed by atoms with van der Waals surface area (Å²) in [6.07, 6.45) is 30.3. The van der Waals surface area contributed by atoms with Crippen molar-refractivity contribution in [2.45, 2.75) is 207 Å². The Labute approximate surface area is 281 Å². The molecule has 0 aliphatic rings. The largest absolute Gasteiger partial charge is 0.462 e. The van der Waals surface area contributed by atoms with Gasteiger partial charge in [-0.15, -0.1) is 5.10 Å². The standard InChI is InChI=1S/C38H69N3O5/c1-4-7-9-11-13-15-17-19-21-23-25-27-37(43)45-33-36(32-41-31-34(39-40-41)29-30-35(42)6-3)46-38(44)28-26-24-22-20-18-16-14-12-10-8-5-2/h31,36H,4-30,32-33H2,1-3H3. The smallest absolute Gasteiger partial charge is 0.306 e. The molecule has 0 aliphatic heterocycles. The minimum atomic E-state index is -0.631. The van der Waals surface area contributed by atoms with Crippen LogP contribution in [0.25, 0.3) is 0 Å². The quantitative estimate of drug-likeness (QED) is 0.0553. The summed E-state index contributed by atoms with van der Waals surface area (Å²) in [6.45, 7) is 6.61. The van der Waals surface area contributed by atoms with Crippen molar-refractivity contribution >= 4 is 17.7 Å². The highest BCUT2D eigenvalue weighted by molar-refractivity contribution is 5.78. The minimum absolute atomic E-state index is 0.00434. The Kier molecular flexibility index (Phi) is 27.3. The maximum absolute atomic E-state index is 12.7. The number of unbranched alkanes of at least 4 members (excludes halogenated alkanes) is 20.